The van der Waals surface area contributed by atoms with Gasteiger partial charge in [0.1, 0.15) is 36.3 Å². The highest BCUT2D eigenvalue weighted by Crippen LogP contribution is 2.61. The Morgan fingerprint density at radius 2 is 1.50 bits per heavy atom. The maximum Gasteiger partial charge on any atom is 0.483 e. The lowest BCUT2D eigenvalue weighted by molar-refractivity contribution is -0.217. The number of rotatable bonds is 18. The van der Waals surface area contributed by atoms with E-state index in [0.29, 0.717) is 0 Å². The van der Waals surface area contributed by atoms with E-state index in [9.17, 15) is 53.4 Å². The highest BCUT2D eigenvalue weighted by atomic mass is 31.3. The Morgan fingerprint density at radius 3 is 2.10 bits per heavy atom. The Balaban J connectivity index is 1.75. The number of carbonyl (C=O) groups excluding carboxylic acids is 4. The van der Waals surface area contributed by atoms with Gasteiger partial charge >= 0.3 is 39.5 Å². The van der Waals surface area contributed by atoms with Gasteiger partial charge in [-0.25, -0.2) is 24.1 Å². The molecule has 0 saturated carbocycles. The van der Waals surface area contributed by atoms with Crippen LogP contribution in [-0.2, 0) is 65.4 Å². The number of nitrogens with two attached hydrogens (primary N) is 1. The number of nitrogens with zero attached hydrogens (tertiary/aromatic N) is 4. The molecule has 0 spiro atoms. The van der Waals surface area contributed by atoms with Crippen LogP contribution in [0.1, 0.15) is 47.3 Å². The Morgan fingerprint density at radius 1 is 0.904 bits per heavy atom. The zero-order chi connectivity index (χ0) is 39.1. The summed E-state index contributed by atoms with van der Waals surface area (Å²) in [5.41, 5.74) is 6.01. The Labute approximate surface area is 294 Å². The molecule has 1 aliphatic heterocycles. The highest BCUT2D eigenvalue weighted by molar-refractivity contribution is 7.61. The maximum absolute atomic E-state index is 12.8. The van der Waals surface area contributed by atoms with E-state index in [2.05, 4.69) is 23.8 Å². The van der Waals surface area contributed by atoms with Gasteiger partial charge in [0.15, 0.2) is 29.9 Å². The van der Waals surface area contributed by atoms with Crippen molar-refractivity contribution >= 4 is 56.5 Å². The summed E-state index contributed by atoms with van der Waals surface area (Å²) in [6.45, 7) is 4.03. The van der Waals surface area contributed by atoms with Crippen LogP contribution in [-0.4, -0.2) is 125 Å². The van der Waals surface area contributed by atoms with Crippen LogP contribution >= 0.6 is 15.6 Å². The third-order valence-electron chi connectivity index (χ3n) is 7.12. The molecular weight excluding hydrogens is 748 g/mol. The van der Waals surface area contributed by atoms with E-state index in [4.69, 9.17) is 33.9 Å². The zero-order valence-corrected chi connectivity index (χ0v) is 30.0. The number of aliphatic hydroxyl groups is 3. The van der Waals surface area contributed by atoms with E-state index in [1.54, 1.807) is 0 Å². The van der Waals surface area contributed by atoms with Crippen molar-refractivity contribution in [3.8, 4) is 0 Å². The van der Waals surface area contributed by atoms with Gasteiger partial charge in [0.05, 0.1) is 19.5 Å². The zero-order valence-electron chi connectivity index (χ0n) is 28.2. The topological polar surface area (TPSA) is 347 Å². The van der Waals surface area contributed by atoms with Crippen LogP contribution in [0, 0.1) is 5.92 Å². The Hall–Kier alpha value is -3.67. The molecule has 0 radical (unpaired) electrons. The predicted molar refractivity (Wildman–Crippen MR) is 167 cm³/mol. The van der Waals surface area contributed by atoms with Crippen molar-refractivity contribution in [1.29, 1.82) is 0 Å². The molecule has 1 fully saturated rings. The standard InChI is InChI=1S/C26H39N5O19P2/c1-11(6-7-43-12(2)32)20(45-13(3)33)21(46-14(4)34)22(47-15(5)35)26(38)49-52(41,42)50-51(39,40)44-8-16-18(36)19(37)25(48-16)31-10-30-17-23(27)28-9-29-24(17)31/h9-11,16,18-22,25-26,36-38H,6-8H2,1-5H3,(H,39,40)(H,41,42)(H2,27,28,29). The number of hydrogen-bond donors (Lipinski definition) is 6. The molecule has 11 unspecified atom stereocenters. The fourth-order valence-corrected chi connectivity index (χ4v) is 7.05. The van der Waals surface area contributed by atoms with E-state index >= 15 is 0 Å². The summed E-state index contributed by atoms with van der Waals surface area (Å²) in [7, 11) is -11.6. The molecule has 0 amide bonds. The van der Waals surface area contributed by atoms with Crippen LogP contribution < -0.4 is 5.73 Å². The van der Waals surface area contributed by atoms with Gasteiger partial charge < -0.3 is 54.5 Å². The number of nitrogen functional groups attached to an aromatic ring is 1. The van der Waals surface area contributed by atoms with Gasteiger partial charge in [0.2, 0.25) is 6.29 Å². The molecule has 26 heteroatoms. The molecule has 1 aliphatic rings. The largest absolute Gasteiger partial charge is 0.483 e. The number of imidazole rings is 1. The van der Waals surface area contributed by atoms with Crippen molar-refractivity contribution in [3.63, 3.8) is 0 Å². The summed E-state index contributed by atoms with van der Waals surface area (Å²) >= 11 is 0. The van der Waals surface area contributed by atoms with Crippen molar-refractivity contribution in [2.75, 3.05) is 18.9 Å². The van der Waals surface area contributed by atoms with E-state index in [0.717, 1.165) is 34.0 Å². The van der Waals surface area contributed by atoms with Crippen LogP contribution in [0.3, 0.4) is 0 Å². The summed E-state index contributed by atoms with van der Waals surface area (Å²) in [5, 5.41) is 31.9. The molecule has 3 rings (SSSR count). The monoisotopic (exact) mass is 787 g/mol. The van der Waals surface area contributed by atoms with Crippen LogP contribution in [0.5, 0.6) is 0 Å². The summed E-state index contributed by atoms with van der Waals surface area (Å²) < 4.78 is 66.1. The lowest BCUT2D eigenvalue weighted by Gasteiger charge is -2.36. The number of aliphatic hydroxyl groups excluding tert-OH is 3. The molecular formula is C26H39N5O19P2. The number of carbonyl (C=O) groups is 4. The lowest BCUT2D eigenvalue weighted by Crippen LogP contribution is -2.53. The number of esters is 4. The van der Waals surface area contributed by atoms with Gasteiger partial charge in [-0.1, -0.05) is 6.92 Å². The summed E-state index contributed by atoms with van der Waals surface area (Å²) in [4.78, 5) is 79.6. The molecule has 1 saturated heterocycles. The van der Waals surface area contributed by atoms with Crippen LogP contribution in [0.25, 0.3) is 11.2 Å². The molecule has 11 atom stereocenters. The van der Waals surface area contributed by atoms with Crippen LogP contribution in [0.15, 0.2) is 12.7 Å². The molecule has 7 N–H and O–H groups in total. The van der Waals surface area contributed by atoms with E-state index in [1.807, 2.05) is 0 Å². The molecule has 2 aromatic heterocycles. The van der Waals surface area contributed by atoms with Crippen molar-refractivity contribution < 1.29 is 90.5 Å². The second-order valence-electron chi connectivity index (χ2n) is 11.3. The number of phosphoric acid groups is 2. The minimum absolute atomic E-state index is 0.00639. The first-order valence-electron chi connectivity index (χ1n) is 15.1. The number of anilines is 1. The number of phosphoric ester groups is 2. The molecule has 0 bridgehead atoms. The third-order valence-corrected chi connectivity index (χ3v) is 9.73. The van der Waals surface area contributed by atoms with Gasteiger partial charge in [-0.3, -0.25) is 32.8 Å². The SMILES string of the molecule is CC(=O)OCCC(C)C(OC(C)=O)C(OC(C)=O)C(OC(C)=O)C(O)OP(=O)(O)OP(=O)(O)OCC1OC(n2cnc3c(N)ncnc32)C(O)C1O. The molecule has 52 heavy (non-hydrogen) atoms. The molecule has 24 nitrogen and oxygen atoms in total. The highest BCUT2D eigenvalue weighted by Gasteiger charge is 2.49. The van der Waals surface area contributed by atoms with E-state index < -0.39 is 101 Å². The average molecular weight is 788 g/mol. The quantitative estimate of drug-likeness (QED) is 0.0456. The second-order valence-corrected chi connectivity index (χ2v) is 14.3. The minimum Gasteiger partial charge on any atom is -0.466 e. The first-order valence-corrected chi connectivity index (χ1v) is 18.1. The van der Waals surface area contributed by atoms with Gasteiger partial charge in [0, 0.05) is 33.6 Å². The molecule has 0 aliphatic carbocycles. The van der Waals surface area contributed by atoms with Crippen molar-refractivity contribution in [3.05, 3.63) is 12.7 Å². The second kappa shape index (κ2) is 17.9. The van der Waals surface area contributed by atoms with Gasteiger partial charge in [-0.2, -0.15) is 4.31 Å². The molecule has 0 aromatic carbocycles. The van der Waals surface area contributed by atoms with Crippen molar-refractivity contribution in [2.24, 2.45) is 5.92 Å². The smallest absolute Gasteiger partial charge is 0.466 e. The van der Waals surface area contributed by atoms with E-state index in [-0.39, 0.29) is 30.0 Å². The number of ether oxygens (including phenoxy) is 5. The fraction of sp³-hybridized carbons (Fsp3) is 0.654. The summed E-state index contributed by atoms with van der Waals surface area (Å²) in [6, 6.07) is 0. The minimum atomic E-state index is -5.90. The third kappa shape index (κ3) is 11.7. The van der Waals surface area contributed by atoms with Crippen molar-refractivity contribution in [1.82, 2.24) is 19.5 Å². The first-order chi connectivity index (χ1) is 24.1. The Kier molecular flexibility index (Phi) is 14.7. The Bertz CT molecular complexity index is 1690. The molecule has 2 aromatic rings. The van der Waals surface area contributed by atoms with Gasteiger partial charge in [-0.15, -0.1) is 0 Å². The molecule has 292 valence electrons. The summed E-state index contributed by atoms with van der Waals surface area (Å²) in [5.74, 6) is -4.69. The van der Waals surface area contributed by atoms with Crippen LogP contribution in [0.2, 0.25) is 0 Å². The van der Waals surface area contributed by atoms with Gasteiger partial charge in [-0.05, 0) is 6.42 Å². The number of fused-ring (bicyclic) bond motifs is 1. The maximum atomic E-state index is 12.8. The molecule has 3 heterocycles. The van der Waals surface area contributed by atoms with Gasteiger partial charge in [0.25, 0.3) is 0 Å². The average Bonchev–Trinajstić information content (AvgIpc) is 3.56. The predicted octanol–water partition coefficient (Wildman–Crippen LogP) is -1.02. The van der Waals surface area contributed by atoms with Crippen molar-refractivity contribution in [2.45, 2.75) is 90.2 Å². The first kappa shape index (κ1) is 42.7. The van der Waals surface area contributed by atoms with Crippen LogP contribution in [0.4, 0.5) is 5.82 Å². The number of hydrogen-bond acceptors (Lipinski definition) is 21. The normalized spacial score (nSPS) is 24.0. The lowest BCUT2D eigenvalue weighted by atomic mass is 9.93. The van der Waals surface area contributed by atoms with E-state index in [1.165, 1.54) is 17.8 Å². The summed E-state index contributed by atoms with van der Waals surface area (Å²) in [6.07, 6.45) is -12.7. The number of aromatic nitrogens is 4. The fourth-order valence-electron chi connectivity index (χ4n) is 4.93.